The van der Waals surface area contributed by atoms with Gasteiger partial charge in [0.05, 0.1) is 11.6 Å². The molecule has 1 aromatic rings. The summed E-state index contributed by atoms with van der Waals surface area (Å²) in [6, 6.07) is 5.86. The van der Waals surface area contributed by atoms with Crippen LogP contribution in [0.4, 0.5) is 18.9 Å². The Morgan fingerprint density at radius 1 is 1.35 bits per heavy atom. The minimum Gasteiger partial charge on any atom is -0.315 e. The second-order valence-corrected chi connectivity index (χ2v) is 3.33. The predicted octanol–water partition coefficient (Wildman–Crippen LogP) is 2.58. The molecule has 0 aliphatic carbocycles. The first-order valence-corrected chi connectivity index (χ1v) is 4.67. The number of hydrogen-bond acceptors (Lipinski definition) is 2. The highest BCUT2D eigenvalue weighted by Gasteiger charge is 2.30. The van der Waals surface area contributed by atoms with Crippen LogP contribution < -0.4 is 4.90 Å². The molecule has 0 radical (unpaired) electrons. The van der Waals surface area contributed by atoms with Crippen molar-refractivity contribution in [1.29, 1.82) is 5.26 Å². The molecule has 0 aliphatic heterocycles. The Morgan fingerprint density at radius 2 is 1.88 bits per heavy atom. The number of nitriles is 1. The molecule has 0 N–H and O–H groups in total. The lowest BCUT2D eigenvalue weighted by Crippen LogP contribution is -2.25. The molecule has 90 valence electrons. The van der Waals surface area contributed by atoms with Crippen molar-refractivity contribution >= 4 is 11.6 Å². The van der Waals surface area contributed by atoms with E-state index in [0.717, 1.165) is 17.0 Å². The molecule has 0 aromatic heterocycles. The third-order valence-corrected chi connectivity index (χ3v) is 2.19. The van der Waals surface area contributed by atoms with Crippen molar-refractivity contribution in [2.75, 3.05) is 11.9 Å². The highest BCUT2D eigenvalue weighted by atomic mass is 19.4. The fourth-order valence-electron chi connectivity index (χ4n) is 1.20. The number of carbonyl (C=O) groups excluding carboxylic acids is 1. The summed E-state index contributed by atoms with van der Waals surface area (Å²) in [6.07, 6.45) is -4.70. The molecule has 0 bridgehead atoms. The average molecular weight is 242 g/mol. The molecule has 3 nitrogen and oxygen atoms in total. The Hall–Kier alpha value is -2.03. The number of halogens is 3. The SMILES string of the molecule is CN(C(=O)CC#N)c1ccc(C(F)(F)F)cc1. The molecule has 0 aliphatic rings. The van der Waals surface area contributed by atoms with Gasteiger partial charge in [-0.3, -0.25) is 4.79 Å². The average Bonchev–Trinajstić information content (AvgIpc) is 2.27. The standard InChI is InChI=1S/C11H9F3N2O/c1-16(10(17)6-7-15)9-4-2-8(3-5-9)11(12,13)14/h2-5H,6H2,1H3. The van der Waals surface area contributed by atoms with Crippen molar-refractivity contribution in [3.8, 4) is 6.07 Å². The van der Waals surface area contributed by atoms with Crippen LogP contribution in [0.25, 0.3) is 0 Å². The summed E-state index contributed by atoms with van der Waals surface area (Å²) in [5, 5.41) is 8.34. The van der Waals surface area contributed by atoms with Gasteiger partial charge in [0, 0.05) is 12.7 Å². The fraction of sp³-hybridized carbons (Fsp3) is 0.273. The van der Waals surface area contributed by atoms with Crippen molar-refractivity contribution in [1.82, 2.24) is 0 Å². The van der Waals surface area contributed by atoms with E-state index in [0.29, 0.717) is 5.69 Å². The number of benzene rings is 1. The normalized spacial score (nSPS) is 10.8. The second-order valence-electron chi connectivity index (χ2n) is 3.33. The van der Waals surface area contributed by atoms with Crippen molar-refractivity contribution < 1.29 is 18.0 Å². The van der Waals surface area contributed by atoms with E-state index in [2.05, 4.69) is 0 Å². The summed E-state index contributed by atoms with van der Waals surface area (Å²) >= 11 is 0. The van der Waals surface area contributed by atoms with Crippen molar-refractivity contribution in [2.24, 2.45) is 0 Å². The Morgan fingerprint density at radius 3 is 2.29 bits per heavy atom. The van der Waals surface area contributed by atoms with E-state index in [1.165, 1.54) is 19.2 Å². The molecule has 1 amide bonds. The van der Waals surface area contributed by atoms with E-state index in [-0.39, 0.29) is 6.42 Å². The molecule has 0 saturated carbocycles. The van der Waals surface area contributed by atoms with Gasteiger partial charge in [0.1, 0.15) is 6.42 Å². The van der Waals surface area contributed by atoms with Gasteiger partial charge in [-0.1, -0.05) is 0 Å². The number of nitrogens with zero attached hydrogens (tertiary/aromatic N) is 2. The topological polar surface area (TPSA) is 44.1 Å². The monoisotopic (exact) mass is 242 g/mol. The molecular formula is C11H9F3N2O. The summed E-state index contributed by atoms with van der Waals surface area (Å²) in [6.45, 7) is 0. The van der Waals surface area contributed by atoms with Crippen LogP contribution in [0, 0.1) is 11.3 Å². The van der Waals surface area contributed by atoms with E-state index in [4.69, 9.17) is 5.26 Å². The second kappa shape index (κ2) is 4.87. The molecule has 1 aromatic carbocycles. The molecule has 0 saturated heterocycles. The van der Waals surface area contributed by atoms with E-state index in [1.807, 2.05) is 0 Å². The van der Waals surface area contributed by atoms with Gasteiger partial charge in [-0.2, -0.15) is 18.4 Å². The third-order valence-electron chi connectivity index (χ3n) is 2.19. The van der Waals surface area contributed by atoms with Crippen LogP contribution in [0.15, 0.2) is 24.3 Å². The lowest BCUT2D eigenvalue weighted by molar-refractivity contribution is -0.137. The van der Waals surface area contributed by atoms with Crippen molar-refractivity contribution in [3.63, 3.8) is 0 Å². The Labute approximate surface area is 96.1 Å². The minimum atomic E-state index is -4.40. The van der Waals surface area contributed by atoms with E-state index in [1.54, 1.807) is 6.07 Å². The molecule has 0 atom stereocenters. The van der Waals surface area contributed by atoms with Crippen LogP contribution in [0.1, 0.15) is 12.0 Å². The van der Waals surface area contributed by atoms with Gasteiger partial charge in [-0.15, -0.1) is 0 Å². The van der Waals surface area contributed by atoms with Crippen LogP contribution in [0.5, 0.6) is 0 Å². The minimum absolute atomic E-state index is 0.308. The summed E-state index contributed by atoms with van der Waals surface area (Å²) in [7, 11) is 1.41. The highest BCUT2D eigenvalue weighted by Crippen LogP contribution is 2.30. The van der Waals surface area contributed by atoms with E-state index < -0.39 is 17.6 Å². The summed E-state index contributed by atoms with van der Waals surface area (Å²) in [5.74, 6) is -0.466. The lowest BCUT2D eigenvalue weighted by Gasteiger charge is -2.16. The van der Waals surface area contributed by atoms with Crippen LogP contribution in [-0.4, -0.2) is 13.0 Å². The van der Waals surface area contributed by atoms with Crippen molar-refractivity contribution in [3.05, 3.63) is 29.8 Å². The van der Waals surface area contributed by atoms with Gasteiger partial charge in [-0.25, -0.2) is 0 Å². The fourth-order valence-corrected chi connectivity index (χ4v) is 1.20. The van der Waals surface area contributed by atoms with Crippen LogP contribution in [-0.2, 0) is 11.0 Å². The summed E-state index contributed by atoms with van der Waals surface area (Å²) in [4.78, 5) is 12.4. The molecule has 17 heavy (non-hydrogen) atoms. The van der Waals surface area contributed by atoms with Gasteiger partial charge in [0.2, 0.25) is 5.91 Å². The third kappa shape index (κ3) is 3.21. The summed E-state index contributed by atoms with van der Waals surface area (Å²) in [5.41, 5.74) is -0.458. The van der Waals surface area contributed by atoms with Gasteiger partial charge in [-0.05, 0) is 24.3 Å². The first-order chi connectivity index (χ1) is 7.86. The van der Waals surface area contributed by atoms with E-state index >= 15 is 0 Å². The van der Waals surface area contributed by atoms with Crippen molar-refractivity contribution in [2.45, 2.75) is 12.6 Å². The number of rotatable bonds is 2. The number of hydrogen-bond donors (Lipinski definition) is 0. The Balaban J connectivity index is 2.89. The lowest BCUT2D eigenvalue weighted by atomic mass is 10.2. The number of carbonyl (C=O) groups is 1. The Bertz CT molecular complexity index is 445. The molecule has 0 fully saturated rings. The molecule has 0 heterocycles. The zero-order chi connectivity index (χ0) is 13.1. The van der Waals surface area contributed by atoms with Crippen LogP contribution in [0.3, 0.4) is 0 Å². The van der Waals surface area contributed by atoms with E-state index in [9.17, 15) is 18.0 Å². The molecule has 0 spiro atoms. The maximum absolute atomic E-state index is 12.3. The van der Waals surface area contributed by atoms with Gasteiger partial charge < -0.3 is 4.90 Å². The number of anilines is 1. The molecular weight excluding hydrogens is 233 g/mol. The first-order valence-electron chi connectivity index (χ1n) is 4.67. The van der Waals surface area contributed by atoms with Gasteiger partial charge >= 0.3 is 6.18 Å². The largest absolute Gasteiger partial charge is 0.416 e. The van der Waals surface area contributed by atoms with Gasteiger partial charge in [0.15, 0.2) is 0 Å². The Kier molecular flexibility index (Phi) is 3.73. The van der Waals surface area contributed by atoms with Gasteiger partial charge in [0.25, 0.3) is 0 Å². The molecule has 1 rings (SSSR count). The molecule has 6 heteroatoms. The van der Waals surface area contributed by atoms with Crippen LogP contribution in [0.2, 0.25) is 0 Å². The zero-order valence-electron chi connectivity index (χ0n) is 8.95. The predicted molar refractivity (Wildman–Crippen MR) is 55.1 cm³/mol. The highest BCUT2D eigenvalue weighted by molar-refractivity contribution is 5.93. The zero-order valence-corrected chi connectivity index (χ0v) is 8.95. The smallest absolute Gasteiger partial charge is 0.315 e. The van der Waals surface area contributed by atoms with Crippen LogP contribution >= 0.6 is 0 Å². The summed E-state index contributed by atoms with van der Waals surface area (Å²) < 4.78 is 36.8. The maximum atomic E-state index is 12.3. The molecule has 0 unspecified atom stereocenters. The quantitative estimate of drug-likeness (QED) is 0.800. The maximum Gasteiger partial charge on any atom is 0.416 e. The first kappa shape index (κ1) is 13.0. The number of alkyl halides is 3. The number of amides is 1.